The summed E-state index contributed by atoms with van der Waals surface area (Å²) in [6, 6.07) is 6.37. The molecule has 25 heavy (non-hydrogen) atoms. The zero-order valence-electron chi connectivity index (χ0n) is 16.1. The molecule has 4 heteroatoms. The second kappa shape index (κ2) is 8.33. The van der Waals surface area contributed by atoms with Crippen molar-refractivity contribution >= 4 is 11.5 Å². The van der Waals surface area contributed by atoms with Crippen LogP contribution in [0.1, 0.15) is 42.6 Å². The van der Waals surface area contributed by atoms with Crippen LogP contribution in [0.5, 0.6) is 0 Å². The Balaban J connectivity index is 1.54. The van der Waals surface area contributed by atoms with Crippen molar-refractivity contribution in [3.63, 3.8) is 0 Å². The first-order chi connectivity index (χ1) is 12.1. The maximum Gasteiger partial charge on any atom is 0.160 e. The molecule has 0 bridgehead atoms. The van der Waals surface area contributed by atoms with E-state index in [1.54, 1.807) is 6.92 Å². The smallest absolute Gasteiger partial charge is 0.160 e. The molecule has 2 heterocycles. The monoisotopic (exact) mass is 343 g/mol. The Morgan fingerprint density at radius 3 is 2.36 bits per heavy atom. The molecule has 0 aromatic heterocycles. The number of anilines is 1. The summed E-state index contributed by atoms with van der Waals surface area (Å²) in [5, 5.41) is 0. The van der Waals surface area contributed by atoms with Crippen molar-refractivity contribution in [2.24, 2.45) is 5.92 Å². The number of hydrogen-bond acceptors (Lipinski definition) is 4. The van der Waals surface area contributed by atoms with Crippen molar-refractivity contribution < 1.29 is 4.79 Å². The standard InChI is InChI=1S/C21H33N3O/c1-4-19-15-20(5-6-21(19)17(2)25)24-13-11-23(12-14-24)16-18-7-9-22(3)10-8-18/h5-6,15,18H,4,7-14,16H2,1-3H3. The number of benzene rings is 1. The molecular formula is C21H33N3O. The highest BCUT2D eigenvalue weighted by Crippen LogP contribution is 2.23. The van der Waals surface area contributed by atoms with Crippen LogP contribution in [0.3, 0.4) is 0 Å². The SMILES string of the molecule is CCc1cc(N2CCN(CC3CCN(C)CC3)CC2)ccc1C(C)=O. The van der Waals surface area contributed by atoms with Gasteiger partial charge in [0, 0.05) is 44.0 Å². The van der Waals surface area contributed by atoms with E-state index in [4.69, 9.17) is 0 Å². The van der Waals surface area contributed by atoms with Crippen LogP contribution in [0.15, 0.2) is 18.2 Å². The van der Waals surface area contributed by atoms with Gasteiger partial charge in [0.15, 0.2) is 5.78 Å². The summed E-state index contributed by atoms with van der Waals surface area (Å²) in [5.74, 6) is 1.05. The van der Waals surface area contributed by atoms with Crippen molar-refractivity contribution in [3.8, 4) is 0 Å². The van der Waals surface area contributed by atoms with E-state index < -0.39 is 0 Å². The van der Waals surface area contributed by atoms with Gasteiger partial charge < -0.3 is 9.80 Å². The van der Waals surface area contributed by atoms with E-state index >= 15 is 0 Å². The zero-order chi connectivity index (χ0) is 17.8. The summed E-state index contributed by atoms with van der Waals surface area (Å²) >= 11 is 0. The van der Waals surface area contributed by atoms with E-state index in [2.05, 4.69) is 40.8 Å². The van der Waals surface area contributed by atoms with Gasteiger partial charge in [0.2, 0.25) is 0 Å². The summed E-state index contributed by atoms with van der Waals surface area (Å²) in [5.41, 5.74) is 3.34. The second-order valence-corrected chi connectivity index (χ2v) is 7.79. The Labute approximate surface area is 152 Å². The number of carbonyl (C=O) groups is 1. The highest BCUT2D eigenvalue weighted by atomic mass is 16.1. The Bertz CT molecular complexity index is 585. The summed E-state index contributed by atoms with van der Waals surface area (Å²) in [4.78, 5) is 19.3. The first-order valence-electron chi connectivity index (χ1n) is 9.86. The van der Waals surface area contributed by atoms with Gasteiger partial charge in [-0.25, -0.2) is 0 Å². The fourth-order valence-corrected chi connectivity index (χ4v) is 4.21. The van der Waals surface area contributed by atoms with E-state index in [-0.39, 0.29) is 5.78 Å². The van der Waals surface area contributed by atoms with Crippen LogP contribution in [0.2, 0.25) is 0 Å². The molecule has 1 aromatic carbocycles. The number of ketones is 1. The summed E-state index contributed by atoms with van der Waals surface area (Å²) < 4.78 is 0. The molecule has 0 radical (unpaired) electrons. The summed E-state index contributed by atoms with van der Waals surface area (Å²) in [7, 11) is 2.23. The lowest BCUT2D eigenvalue weighted by atomic mass is 9.96. The molecule has 0 spiro atoms. The average molecular weight is 344 g/mol. The number of Topliss-reactive ketones (excluding diaryl/α,β-unsaturated/α-hetero) is 1. The highest BCUT2D eigenvalue weighted by molar-refractivity contribution is 5.96. The lowest BCUT2D eigenvalue weighted by Gasteiger charge is -2.39. The maximum atomic E-state index is 11.7. The number of rotatable bonds is 5. The molecule has 2 aliphatic heterocycles. The van der Waals surface area contributed by atoms with Gasteiger partial charge in [0.05, 0.1) is 0 Å². The summed E-state index contributed by atoms with van der Waals surface area (Å²) in [6.45, 7) is 12.1. The van der Waals surface area contributed by atoms with Crippen molar-refractivity contribution in [1.82, 2.24) is 9.80 Å². The van der Waals surface area contributed by atoms with Crippen molar-refractivity contribution in [3.05, 3.63) is 29.3 Å². The Kier molecular flexibility index (Phi) is 6.13. The molecule has 4 nitrogen and oxygen atoms in total. The molecule has 2 fully saturated rings. The van der Waals surface area contributed by atoms with Crippen LogP contribution in [-0.4, -0.2) is 68.4 Å². The number of piperidine rings is 1. The first kappa shape index (κ1) is 18.4. The molecule has 0 unspecified atom stereocenters. The number of aryl methyl sites for hydroxylation is 1. The predicted octanol–water partition coefficient (Wildman–Crippen LogP) is 2.92. The fraction of sp³-hybridized carbons (Fsp3) is 0.667. The van der Waals surface area contributed by atoms with E-state index in [9.17, 15) is 4.79 Å². The number of carbonyl (C=O) groups excluding carboxylic acids is 1. The fourth-order valence-electron chi connectivity index (χ4n) is 4.21. The quantitative estimate of drug-likeness (QED) is 0.768. The molecule has 1 aromatic rings. The van der Waals surface area contributed by atoms with Gasteiger partial charge in [-0.3, -0.25) is 9.69 Å². The minimum absolute atomic E-state index is 0.173. The molecule has 2 saturated heterocycles. The molecule has 0 aliphatic carbocycles. The average Bonchev–Trinajstić information content (AvgIpc) is 2.63. The number of hydrogen-bond donors (Lipinski definition) is 0. The molecule has 0 atom stereocenters. The van der Waals surface area contributed by atoms with Gasteiger partial charge in [-0.1, -0.05) is 6.92 Å². The molecule has 3 rings (SSSR count). The first-order valence-corrected chi connectivity index (χ1v) is 9.86. The van der Waals surface area contributed by atoms with E-state index in [0.29, 0.717) is 0 Å². The topological polar surface area (TPSA) is 26.8 Å². The summed E-state index contributed by atoms with van der Waals surface area (Å²) in [6.07, 6.45) is 3.62. The molecule has 138 valence electrons. The maximum absolute atomic E-state index is 11.7. The van der Waals surface area contributed by atoms with Crippen molar-refractivity contribution in [2.75, 3.05) is 57.8 Å². The third-order valence-corrected chi connectivity index (χ3v) is 5.94. The predicted molar refractivity (Wildman–Crippen MR) is 105 cm³/mol. The van der Waals surface area contributed by atoms with Gasteiger partial charge in [0.1, 0.15) is 0 Å². The van der Waals surface area contributed by atoms with Crippen LogP contribution in [0.4, 0.5) is 5.69 Å². The van der Waals surface area contributed by atoms with Crippen LogP contribution in [0.25, 0.3) is 0 Å². The molecule has 0 N–H and O–H groups in total. The normalized spacial score (nSPS) is 20.8. The van der Waals surface area contributed by atoms with Gasteiger partial charge in [-0.05, 0) is 76.0 Å². The van der Waals surface area contributed by atoms with Crippen LogP contribution >= 0.6 is 0 Å². The Morgan fingerprint density at radius 1 is 1.08 bits per heavy atom. The van der Waals surface area contributed by atoms with Crippen molar-refractivity contribution in [2.45, 2.75) is 33.1 Å². The number of nitrogens with zero attached hydrogens (tertiary/aromatic N) is 3. The lowest BCUT2D eigenvalue weighted by molar-refractivity contribution is 0.101. The molecular weight excluding hydrogens is 310 g/mol. The molecule has 0 amide bonds. The van der Waals surface area contributed by atoms with Gasteiger partial charge >= 0.3 is 0 Å². The number of likely N-dealkylation sites (tertiary alicyclic amines) is 1. The molecule has 0 saturated carbocycles. The number of piperazine rings is 1. The minimum atomic E-state index is 0.173. The van der Waals surface area contributed by atoms with Crippen LogP contribution in [0, 0.1) is 5.92 Å². The van der Waals surface area contributed by atoms with Crippen LogP contribution in [-0.2, 0) is 6.42 Å². The van der Waals surface area contributed by atoms with E-state index in [1.165, 1.54) is 43.7 Å². The minimum Gasteiger partial charge on any atom is -0.369 e. The third kappa shape index (κ3) is 4.62. The third-order valence-electron chi connectivity index (χ3n) is 5.94. The van der Waals surface area contributed by atoms with Crippen LogP contribution < -0.4 is 4.90 Å². The van der Waals surface area contributed by atoms with E-state index in [1.807, 2.05) is 6.07 Å². The Hall–Kier alpha value is -1.39. The van der Waals surface area contributed by atoms with Crippen molar-refractivity contribution in [1.29, 1.82) is 0 Å². The second-order valence-electron chi connectivity index (χ2n) is 7.79. The zero-order valence-corrected chi connectivity index (χ0v) is 16.1. The largest absolute Gasteiger partial charge is 0.369 e. The lowest BCUT2D eigenvalue weighted by Crippen LogP contribution is -2.48. The van der Waals surface area contributed by atoms with Gasteiger partial charge in [-0.15, -0.1) is 0 Å². The molecule has 2 aliphatic rings. The Morgan fingerprint density at radius 2 is 1.76 bits per heavy atom. The van der Waals surface area contributed by atoms with E-state index in [0.717, 1.165) is 44.1 Å². The van der Waals surface area contributed by atoms with Gasteiger partial charge in [-0.2, -0.15) is 0 Å². The van der Waals surface area contributed by atoms with Gasteiger partial charge in [0.25, 0.3) is 0 Å². The highest BCUT2D eigenvalue weighted by Gasteiger charge is 2.23.